The summed E-state index contributed by atoms with van der Waals surface area (Å²) in [5, 5.41) is 7.58. The van der Waals surface area contributed by atoms with Gasteiger partial charge in [-0.1, -0.05) is 0 Å². The van der Waals surface area contributed by atoms with Crippen molar-refractivity contribution in [1.29, 1.82) is 0 Å². The highest BCUT2D eigenvalue weighted by Crippen LogP contribution is 2.39. The maximum absolute atomic E-state index is 14.8. The van der Waals surface area contributed by atoms with E-state index in [9.17, 15) is 22.4 Å². The summed E-state index contributed by atoms with van der Waals surface area (Å²) in [5.74, 6) is -0.941. The van der Waals surface area contributed by atoms with E-state index in [1.807, 2.05) is 0 Å². The van der Waals surface area contributed by atoms with Crippen LogP contribution in [0, 0.1) is 11.7 Å². The first kappa shape index (κ1) is 26.9. The van der Waals surface area contributed by atoms with Crippen LogP contribution in [0.5, 0.6) is 5.75 Å². The summed E-state index contributed by atoms with van der Waals surface area (Å²) >= 11 is 0. The van der Waals surface area contributed by atoms with Crippen molar-refractivity contribution in [3.8, 4) is 17.1 Å². The Hall–Kier alpha value is -4.13. The fourth-order valence-electron chi connectivity index (χ4n) is 3.61. The second kappa shape index (κ2) is 10.7. The molecular formula is C25H27FN6O5S. The number of carbonyl (C=O) groups is 2. The van der Waals surface area contributed by atoms with E-state index in [1.54, 1.807) is 13.8 Å². The number of methoxy groups -OCH3 is 1. The molecule has 4 rings (SSSR count). The molecule has 2 heterocycles. The normalized spacial score (nSPS) is 13.2. The Balaban J connectivity index is 1.74. The number of nitrogens with one attached hydrogen (secondary N) is 3. The number of aromatic nitrogens is 3. The quantitative estimate of drug-likeness (QED) is 0.370. The van der Waals surface area contributed by atoms with Gasteiger partial charge >= 0.3 is 0 Å². The minimum atomic E-state index is -3.59. The van der Waals surface area contributed by atoms with Crippen molar-refractivity contribution in [3.05, 3.63) is 48.2 Å². The molecule has 38 heavy (non-hydrogen) atoms. The van der Waals surface area contributed by atoms with Gasteiger partial charge in [-0.15, -0.1) is 0 Å². The molecule has 1 aliphatic rings. The van der Waals surface area contributed by atoms with Crippen molar-refractivity contribution >= 4 is 38.8 Å². The van der Waals surface area contributed by atoms with E-state index in [0.29, 0.717) is 0 Å². The molecule has 0 spiro atoms. The van der Waals surface area contributed by atoms with E-state index < -0.39 is 26.8 Å². The van der Waals surface area contributed by atoms with Gasteiger partial charge in [-0.05, 0) is 32.8 Å². The fourth-order valence-corrected chi connectivity index (χ4v) is 4.55. The number of nitrogens with zero attached hydrogens (tertiary/aromatic N) is 3. The Morgan fingerprint density at radius 2 is 1.74 bits per heavy atom. The van der Waals surface area contributed by atoms with Crippen LogP contribution in [0.25, 0.3) is 11.4 Å². The third kappa shape index (κ3) is 5.57. The Labute approximate surface area is 219 Å². The standard InChI is InChI=1S/C25H27FN6O5S/c1-13(2)38(35,36)16-10-29-23(30-11-16)17-7-15(26)8-20(22(17)37-4)31-19-9-21(32-24(33)14-5-6-14)28-12-18(19)25(34)27-3/h7-14H,5-6H2,1-4H3,(H,27,34)(H2,28,31,32,33). The van der Waals surface area contributed by atoms with Gasteiger partial charge in [-0.25, -0.2) is 27.8 Å². The van der Waals surface area contributed by atoms with Gasteiger partial charge in [0.15, 0.2) is 21.4 Å². The summed E-state index contributed by atoms with van der Waals surface area (Å²) in [5.41, 5.74) is 0.672. The maximum Gasteiger partial charge on any atom is 0.254 e. The number of amides is 2. The number of carbonyl (C=O) groups excluding carboxylic acids is 2. The molecule has 0 atom stereocenters. The zero-order valence-electron chi connectivity index (χ0n) is 21.2. The molecule has 3 N–H and O–H groups in total. The van der Waals surface area contributed by atoms with Crippen LogP contribution in [0.1, 0.15) is 37.0 Å². The van der Waals surface area contributed by atoms with E-state index in [4.69, 9.17) is 4.74 Å². The summed E-state index contributed by atoms with van der Waals surface area (Å²) in [7, 11) is -0.772. The minimum absolute atomic E-state index is 0.0331. The highest BCUT2D eigenvalue weighted by atomic mass is 32.2. The lowest BCUT2D eigenvalue weighted by Gasteiger charge is -2.17. The van der Waals surface area contributed by atoms with Gasteiger partial charge in [-0.2, -0.15) is 0 Å². The molecule has 1 fully saturated rings. The molecule has 3 aromatic rings. The van der Waals surface area contributed by atoms with Crippen LogP contribution in [-0.4, -0.2) is 54.6 Å². The number of sulfone groups is 1. The zero-order chi connectivity index (χ0) is 27.6. The summed E-state index contributed by atoms with van der Waals surface area (Å²) in [6, 6.07) is 3.79. The molecule has 1 saturated carbocycles. The molecule has 13 heteroatoms. The lowest BCUT2D eigenvalue weighted by Crippen LogP contribution is -2.20. The Morgan fingerprint density at radius 1 is 1.05 bits per heavy atom. The summed E-state index contributed by atoms with van der Waals surface area (Å²) in [6.07, 6.45) is 5.24. The molecule has 2 aromatic heterocycles. The van der Waals surface area contributed by atoms with Gasteiger partial charge in [-0.3, -0.25) is 9.59 Å². The molecule has 1 aromatic carbocycles. The molecule has 0 saturated heterocycles. The molecule has 1 aliphatic carbocycles. The van der Waals surface area contributed by atoms with Crippen LogP contribution >= 0.6 is 0 Å². The molecule has 2 amide bonds. The van der Waals surface area contributed by atoms with Gasteiger partial charge in [0.2, 0.25) is 5.91 Å². The molecule has 0 bridgehead atoms. The first-order chi connectivity index (χ1) is 18.0. The summed E-state index contributed by atoms with van der Waals surface area (Å²) in [6.45, 7) is 3.09. The van der Waals surface area contributed by atoms with Crippen LogP contribution in [0.15, 0.2) is 41.7 Å². The largest absolute Gasteiger partial charge is 0.494 e. The molecule has 0 unspecified atom stereocenters. The molecule has 0 aliphatic heterocycles. The van der Waals surface area contributed by atoms with Crippen LogP contribution in [0.2, 0.25) is 0 Å². The van der Waals surface area contributed by atoms with Crippen LogP contribution < -0.4 is 20.7 Å². The predicted octanol–water partition coefficient (Wildman–Crippen LogP) is 3.32. The lowest BCUT2D eigenvalue weighted by atomic mass is 10.1. The van der Waals surface area contributed by atoms with Crippen LogP contribution in [-0.2, 0) is 14.6 Å². The van der Waals surface area contributed by atoms with Crippen LogP contribution in [0.4, 0.5) is 21.6 Å². The van der Waals surface area contributed by atoms with Gasteiger partial charge in [0.25, 0.3) is 5.91 Å². The average Bonchev–Trinajstić information content (AvgIpc) is 3.74. The SMILES string of the molecule is CNC(=O)c1cnc(NC(=O)C2CC2)cc1Nc1cc(F)cc(-c2ncc(S(=O)(=O)C(C)C)cn2)c1OC. The fraction of sp³-hybridized carbons (Fsp3) is 0.320. The van der Waals surface area contributed by atoms with Gasteiger partial charge in [0, 0.05) is 43.7 Å². The lowest BCUT2D eigenvalue weighted by molar-refractivity contribution is -0.117. The van der Waals surface area contributed by atoms with Crippen molar-refractivity contribution in [3.63, 3.8) is 0 Å². The molecule has 200 valence electrons. The van der Waals surface area contributed by atoms with Crippen LogP contribution in [0.3, 0.4) is 0 Å². The number of hydrogen-bond donors (Lipinski definition) is 3. The van der Waals surface area contributed by atoms with Gasteiger partial charge in [0.05, 0.1) is 34.9 Å². The van der Waals surface area contributed by atoms with E-state index in [-0.39, 0.29) is 56.6 Å². The van der Waals surface area contributed by atoms with E-state index >= 15 is 0 Å². The maximum atomic E-state index is 14.8. The number of anilines is 3. The summed E-state index contributed by atoms with van der Waals surface area (Å²) in [4.78, 5) is 37.1. The molecular weight excluding hydrogens is 515 g/mol. The second-order valence-corrected chi connectivity index (χ2v) is 11.5. The second-order valence-electron chi connectivity index (χ2n) is 8.95. The average molecular weight is 543 g/mol. The number of benzene rings is 1. The third-order valence-electron chi connectivity index (χ3n) is 5.92. The highest BCUT2D eigenvalue weighted by Gasteiger charge is 2.30. The monoisotopic (exact) mass is 542 g/mol. The van der Waals surface area contributed by atoms with E-state index in [0.717, 1.165) is 37.4 Å². The van der Waals surface area contributed by atoms with Crippen molar-refractivity contribution < 1.29 is 27.1 Å². The van der Waals surface area contributed by atoms with Gasteiger partial charge < -0.3 is 20.7 Å². The molecule has 11 nitrogen and oxygen atoms in total. The number of hydrogen-bond acceptors (Lipinski definition) is 9. The highest BCUT2D eigenvalue weighted by molar-refractivity contribution is 7.92. The first-order valence-electron chi connectivity index (χ1n) is 11.8. The van der Waals surface area contributed by atoms with Gasteiger partial charge in [0.1, 0.15) is 16.5 Å². The number of pyridine rings is 1. The Morgan fingerprint density at radius 3 is 2.32 bits per heavy atom. The van der Waals surface area contributed by atoms with Crippen molar-refractivity contribution in [2.75, 3.05) is 24.8 Å². The summed E-state index contributed by atoms with van der Waals surface area (Å²) < 4.78 is 45.2. The topological polar surface area (TPSA) is 152 Å². The van der Waals surface area contributed by atoms with Crippen molar-refractivity contribution in [2.45, 2.75) is 36.8 Å². The Kier molecular flexibility index (Phi) is 7.58. The number of ether oxygens (including phenoxy) is 1. The number of halogens is 1. The first-order valence-corrected chi connectivity index (χ1v) is 13.3. The molecule has 0 radical (unpaired) electrons. The minimum Gasteiger partial charge on any atom is -0.494 e. The smallest absolute Gasteiger partial charge is 0.254 e. The van der Waals surface area contributed by atoms with Crippen molar-refractivity contribution in [1.82, 2.24) is 20.3 Å². The third-order valence-corrected chi connectivity index (χ3v) is 8.03. The van der Waals surface area contributed by atoms with E-state index in [2.05, 4.69) is 30.9 Å². The van der Waals surface area contributed by atoms with E-state index in [1.165, 1.54) is 26.4 Å². The van der Waals surface area contributed by atoms with Crippen molar-refractivity contribution in [2.24, 2.45) is 5.92 Å². The zero-order valence-corrected chi connectivity index (χ0v) is 22.0. The Bertz CT molecular complexity index is 1490. The predicted molar refractivity (Wildman–Crippen MR) is 139 cm³/mol. The number of rotatable bonds is 9.